The summed E-state index contributed by atoms with van der Waals surface area (Å²) in [5, 5.41) is 19.6. The van der Waals surface area contributed by atoms with Crippen LogP contribution in [0.4, 0.5) is 5.69 Å². The SMILES string of the molecule is O=[N+]([O-])c1cccc(C2Cc3ccccc3C3=CC=CN4NN=C2N34)c1. The number of hydrazine groups is 2. The maximum atomic E-state index is 11.2. The molecule has 1 unspecified atom stereocenters. The molecule has 7 heteroatoms. The van der Waals surface area contributed by atoms with Gasteiger partial charge in [-0.3, -0.25) is 10.1 Å². The number of nitro benzene ring substituents is 1. The van der Waals surface area contributed by atoms with Gasteiger partial charge >= 0.3 is 0 Å². The number of rotatable bonds is 2. The van der Waals surface area contributed by atoms with E-state index in [1.807, 2.05) is 40.6 Å². The molecule has 5 rings (SSSR count). The van der Waals surface area contributed by atoms with E-state index in [0.29, 0.717) is 0 Å². The number of hydrogen-bond acceptors (Lipinski definition) is 6. The van der Waals surface area contributed by atoms with Crippen LogP contribution in [0.3, 0.4) is 0 Å². The van der Waals surface area contributed by atoms with Gasteiger partial charge in [-0.05, 0) is 29.7 Å². The highest BCUT2D eigenvalue weighted by Crippen LogP contribution is 2.39. The van der Waals surface area contributed by atoms with Crippen molar-refractivity contribution in [1.29, 1.82) is 0 Å². The average Bonchev–Trinajstić information content (AvgIpc) is 3.04. The summed E-state index contributed by atoms with van der Waals surface area (Å²) in [6, 6.07) is 15.1. The van der Waals surface area contributed by atoms with Crippen LogP contribution in [0.1, 0.15) is 22.6 Å². The van der Waals surface area contributed by atoms with Crippen LogP contribution in [0.5, 0.6) is 0 Å². The Hall–Kier alpha value is -3.61. The summed E-state index contributed by atoms with van der Waals surface area (Å²) in [4.78, 5) is 10.9. The van der Waals surface area contributed by atoms with Crippen LogP contribution in [0.25, 0.3) is 5.70 Å². The van der Waals surface area contributed by atoms with Crippen LogP contribution in [0, 0.1) is 10.1 Å². The minimum Gasteiger partial charge on any atom is -0.258 e. The molecule has 0 amide bonds. The summed E-state index contributed by atoms with van der Waals surface area (Å²) < 4.78 is 0. The Morgan fingerprint density at radius 2 is 2.08 bits per heavy atom. The van der Waals surface area contributed by atoms with Crippen molar-refractivity contribution in [2.45, 2.75) is 12.3 Å². The van der Waals surface area contributed by atoms with Gasteiger partial charge in [0.2, 0.25) is 0 Å². The molecule has 7 nitrogen and oxygen atoms in total. The summed E-state index contributed by atoms with van der Waals surface area (Å²) in [7, 11) is 0. The third-order valence-electron chi connectivity index (χ3n) is 4.92. The first-order valence-corrected chi connectivity index (χ1v) is 8.36. The molecule has 3 aliphatic heterocycles. The zero-order valence-electron chi connectivity index (χ0n) is 13.7. The molecule has 0 saturated carbocycles. The molecule has 0 spiro atoms. The van der Waals surface area contributed by atoms with Gasteiger partial charge in [0.1, 0.15) is 0 Å². The zero-order valence-corrected chi connectivity index (χ0v) is 13.7. The Morgan fingerprint density at radius 1 is 1.19 bits per heavy atom. The second-order valence-corrected chi connectivity index (χ2v) is 6.39. The van der Waals surface area contributed by atoms with E-state index in [-0.39, 0.29) is 16.5 Å². The van der Waals surface area contributed by atoms with Gasteiger partial charge in [0.05, 0.1) is 16.5 Å². The van der Waals surface area contributed by atoms with Gasteiger partial charge < -0.3 is 0 Å². The number of nitrogens with zero attached hydrogens (tertiary/aromatic N) is 4. The van der Waals surface area contributed by atoms with Crippen LogP contribution in [-0.4, -0.2) is 20.9 Å². The molecule has 3 heterocycles. The van der Waals surface area contributed by atoms with E-state index in [1.165, 1.54) is 11.6 Å². The van der Waals surface area contributed by atoms with Gasteiger partial charge in [0.15, 0.2) is 5.84 Å². The third-order valence-corrected chi connectivity index (χ3v) is 4.92. The van der Waals surface area contributed by atoms with Gasteiger partial charge in [-0.1, -0.05) is 36.4 Å². The Labute approximate surface area is 149 Å². The number of benzene rings is 2. The van der Waals surface area contributed by atoms with Crippen molar-refractivity contribution in [1.82, 2.24) is 15.7 Å². The number of allylic oxidation sites excluding steroid dienone is 2. The summed E-state index contributed by atoms with van der Waals surface area (Å²) in [6.45, 7) is 0. The fraction of sp³-hybridized carbons (Fsp3) is 0.105. The normalized spacial score (nSPS) is 19.8. The monoisotopic (exact) mass is 345 g/mol. The lowest BCUT2D eigenvalue weighted by Crippen LogP contribution is -2.42. The highest BCUT2D eigenvalue weighted by atomic mass is 16.6. The molecule has 0 bridgehead atoms. The van der Waals surface area contributed by atoms with E-state index >= 15 is 0 Å². The number of amidine groups is 1. The van der Waals surface area contributed by atoms with Crippen LogP contribution in [0.15, 0.2) is 72.0 Å². The van der Waals surface area contributed by atoms with Crippen LogP contribution in [0.2, 0.25) is 0 Å². The van der Waals surface area contributed by atoms with E-state index in [9.17, 15) is 10.1 Å². The Morgan fingerprint density at radius 3 is 2.96 bits per heavy atom. The average molecular weight is 345 g/mol. The number of fused-ring (bicyclic) bond motifs is 2. The second kappa shape index (κ2) is 5.45. The number of nitro groups is 1. The van der Waals surface area contributed by atoms with Crippen molar-refractivity contribution in [3.05, 3.63) is 93.7 Å². The first-order chi connectivity index (χ1) is 12.7. The first-order valence-electron chi connectivity index (χ1n) is 8.36. The summed E-state index contributed by atoms with van der Waals surface area (Å²) in [6.07, 6.45) is 6.66. The highest BCUT2D eigenvalue weighted by molar-refractivity contribution is 5.98. The van der Waals surface area contributed by atoms with Crippen LogP contribution < -0.4 is 5.53 Å². The number of hydrogen-bond donors (Lipinski definition) is 1. The fourth-order valence-electron chi connectivity index (χ4n) is 3.74. The fourth-order valence-corrected chi connectivity index (χ4v) is 3.74. The molecule has 26 heavy (non-hydrogen) atoms. The molecule has 2 aromatic carbocycles. The standard InChI is InChI=1S/C19H15N5O2/c25-24(26)15-7-3-6-13(11-15)17-12-14-5-1-2-8-16(14)18-9-4-10-22-21-20-19(17)23(18)22/h1-11,17,21H,12H2. The molecule has 2 aromatic rings. The van der Waals surface area contributed by atoms with E-state index in [4.69, 9.17) is 0 Å². The smallest absolute Gasteiger partial charge is 0.258 e. The summed E-state index contributed by atoms with van der Waals surface area (Å²) in [5.74, 6) is 0.739. The van der Waals surface area contributed by atoms with Crippen molar-refractivity contribution < 1.29 is 4.92 Å². The van der Waals surface area contributed by atoms with Gasteiger partial charge in [0, 0.05) is 23.9 Å². The molecule has 0 saturated heterocycles. The minimum absolute atomic E-state index is 0.0917. The van der Waals surface area contributed by atoms with Gasteiger partial charge in [-0.15, -0.1) is 5.10 Å². The van der Waals surface area contributed by atoms with Crippen molar-refractivity contribution in [3.8, 4) is 0 Å². The second-order valence-electron chi connectivity index (χ2n) is 6.39. The zero-order chi connectivity index (χ0) is 17.7. The van der Waals surface area contributed by atoms with Crippen molar-refractivity contribution >= 4 is 17.2 Å². The lowest BCUT2D eigenvalue weighted by Gasteiger charge is -2.32. The molecule has 0 aliphatic carbocycles. The van der Waals surface area contributed by atoms with Crippen LogP contribution >= 0.6 is 0 Å². The highest BCUT2D eigenvalue weighted by Gasteiger charge is 2.39. The summed E-state index contributed by atoms with van der Waals surface area (Å²) in [5.41, 5.74) is 7.37. The molecule has 0 fully saturated rings. The largest absolute Gasteiger partial charge is 0.269 e. The number of nitrogens with one attached hydrogen (secondary N) is 1. The van der Waals surface area contributed by atoms with Crippen molar-refractivity contribution in [2.75, 3.05) is 0 Å². The van der Waals surface area contributed by atoms with Crippen molar-refractivity contribution in [2.24, 2.45) is 5.10 Å². The number of hydrazone groups is 1. The molecule has 1 atom stereocenters. The molecule has 0 radical (unpaired) electrons. The molecule has 128 valence electrons. The lowest BCUT2D eigenvalue weighted by molar-refractivity contribution is -0.384. The Bertz CT molecular complexity index is 1010. The maximum absolute atomic E-state index is 11.2. The molecule has 0 aromatic heterocycles. The number of non-ortho nitro benzene ring substituents is 1. The van der Waals surface area contributed by atoms with E-state index < -0.39 is 0 Å². The molecule has 3 aliphatic rings. The predicted molar refractivity (Wildman–Crippen MR) is 97.3 cm³/mol. The molecular weight excluding hydrogens is 330 g/mol. The van der Waals surface area contributed by atoms with Crippen molar-refractivity contribution in [3.63, 3.8) is 0 Å². The maximum Gasteiger partial charge on any atom is 0.269 e. The van der Waals surface area contributed by atoms with E-state index in [2.05, 4.69) is 28.8 Å². The lowest BCUT2D eigenvalue weighted by atomic mass is 9.90. The van der Waals surface area contributed by atoms with Gasteiger partial charge in [-0.2, -0.15) is 10.7 Å². The first kappa shape index (κ1) is 14.7. The predicted octanol–water partition coefficient (Wildman–Crippen LogP) is 3.15. The van der Waals surface area contributed by atoms with Gasteiger partial charge in [0.25, 0.3) is 5.69 Å². The minimum atomic E-state index is -0.357. The Balaban J connectivity index is 1.69. The molecule has 1 N–H and O–H groups in total. The van der Waals surface area contributed by atoms with Gasteiger partial charge in [-0.25, -0.2) is 5.01 Å². The summed E-state index contributed by atoms with van der Waals surface area (Å²) >= 11 is 0. The quantitative estimate of drug-likeness (QED) is 0.668. The van der Waals surface area contributed by atoms with Crippen LogP contribution in [-0.2, 0) is 6.42 Å². The Kier molecular flexibility index (Phi) is 3.08. The third kappa shape index (κ3) is 2.10. The molecular formula is C19H15N5O2. The van der Waals surface area contributed by atoms with E-state index in [0.717, 1.165) is 29.1 Å². The van der Waals surface area contributed by atoms with E-state index in [1.54, 1.807) is 12.1 Å². The topological polar surface area (TPSA) is 74.0 Å².